The molecule has 0 aliphatic carbocycles. The van der Waals surface area contributed by atoms with Crippen molar-refractivity contribution in [1.82, 2.24) is 10.2 Å². The normalized spacial score (nSPS) is 15.1. The molecular formula is C23H26N2O5. The maximum Gasteiger partial charge on any atom is 0.328 e. The van der Waals surface area contributed by atoms with Crippen molar-refractivity contribution in [3.63, 3.8) is 0 Å². The monoisotopic (exact) mass is 410 g/mol. The molecule has 0 fully saturated rings. The number of carbonyl (C=O) groups is 4. The lowest BCUT2D eigenvalue weighted by Crippen LogP contribution is -2.46. The van der Waals surface area contributed by atoms with E-state index < -0.39 is 12.0 Å². The molecule has 1 N–H and O–H groups in total. The number of nitrogens with one attached hydrogen (secondary N) is 1. The molecule has 3 amide bonds. The van der Waals surface area contributed by atoms with E-state index in [1.54, 1.807) is 24.3 Å². The van der Waals surface area contributed by atoms with E-state index in [2.05, 4.69) is 5.32 Å². The number of carbonyl (C=O) groups excluding carboxylic acids is 4. The van der Waals surface area contributed by atoms with Crippen LogP contribution in [0.15, 0.2) is 36.4 Å². The molecule has 0 saturated carbocycles. The first-order valence-electron chi connectivity index (χ1n) is 10.1. The average Bonchev–Trinajstić information content (AvgIpc) is 2.76. The lowest BCUT2D eigenvalue weighted by molar-refractivity contribution is -0.146. The zero-order valence-electron chi connectivity index (χ0n) is 17.4. The van der Waals surface area contributed by atoms with Gasteiger partial charge in [-0.05, 0) is 29.9 Å². The number of imide groups is 1. The minimum absolute atomic E-state index is 0.0661. The average molecular weight is 410 g/mol. The molecule has 30 heavy (non-hydrogen) atoms. The van der Waals surface area contributed by atoms with Gasteiger partial charge in [0.15, 0.2) is 0 Å². The summed E-state index contributed by atoms with van der Waals surface area (Å²) in [6.45, 7) is 3.92. The third kappa shape index (κ3) is 4.06. The fraction of sp³-hybridized carbons (Fsp3) is 0.391. The van der Waals surface area contributed by atoms with Crippen molar-refractivity contribution in [3.8, 4) is 0 Å². The first-order chi connectivity index (χ1) is 14.4. The standard InChI is InChI=1S/C23H26N2O5/c1-4-14(2)20(23(29)30-3)24-18(26)12-7-13-25-21(27)16-10-5-8-15-9-6-11-17(19(15)16)22(25)28/h5-6,8-11,14,20H,4,7,12-13H2,1-3H3,(H,24,26)/t14-,20-/m0/s1. The summed E-state index contributed by atoms with van der Waals surface area (Å²) in [7, 11) is 1.29. The van der Waals surface area contributed by atoms with Crippen LogP contribution < -0.4 is 5.32 Å². The number of ether oxygens (including phenoxy) is 1. The lowest BCUT2D eigenvalue weighted by atomic mass is 9.94. The second-order valence-corrected chi connectivity index (χ2v) is 7.53. The van der Waals surface area contributed by atoms with Gasteiger partial charge in [-0.3, -0.25) is 19.3 Å². The van der Waals surface area contributed by atoms with E-state index in [4.69, 9.17) is 4.74 Å². The van der Waals surface area contributed by atoms with Gasteiger partial charge in [0.05, 0.1) is 7.11 Å². The van der Waals surface area contributed by atoms with Gasteiger partial charge in [0, 0.05) is 29.5 Å². The highest BCUT2D eigenvalue weighted by atomic mass is 16.5. The second-order valence-electron chi connectivity index (χ2n) is 7.53. The van der Waals surface area contributed by atoms with Crippen LogP contribution in [0, 0.1) is 5.92 Å². The van der Waals surface area contributed by atoms with Crippen molar-refractivity contribution in [2.45, 2.75) is 39.2 Å². The number of hydrogen-bond donors (Lipinski definition) is 1. The van der Waals surface area contributed by atoms with E-state index in [1.807, 2.05) is 26.0 Å². The zero-order valence-corrected chi connectivity index (χ0v) is 17.4. The van der Waals surface area contributed by atoms with Crippen molar-refractivity contribution < 1.29 is 23.9 Å². The summed E-state index contributed by atoms with van der Waals surface area (Å²) in [5.41, 5.74) is 0.990. The number of nitrogens with zero attached hydrogens (tertiary/aromatic N) is 1. The first kappa shape index (κ1) is 21.5. The van der Waals surface area contributed by atoms with Crippen LogP contribution in [0.5, 0.6) is 0 Å². The van der Waals surface area contributed by atoms with Gasteiger partial charge in [0.1, 0.15) is 6.04 Å². The summed E-state index contributed by atoms with van der Waals surface area (Å²) in [6.07, 6.45) is 1.10. The molecule has 158 valence electrons. The molecule has 0 unspecified atom stereocenters. The Labute approximate surface area is 175 Å². The molecular weight excluding hydrogens is 384 g/mol. The number of methoxy groups -OCH3 is 1. The Morgan fingerprint density at radius 1 is 1.07 bits per heavy atom. The van der Waals surface area contributed by atoms with Gasteiger partial charge in [-0.15, -0.1) is 0 Å². The molecule has 2 aromatic rings. The summed E-state index contributed by atoms with van der Waals surface area (Å²) in [6, 6.07) is 10.1. The number of hydrogen-bond acceptors (Lipinski definition) is 5. The molecule has 1 aliphatic heterocycles. The predicted octanol–water partition coefficient (Wildman–Crippen LogP) is 2.92. The van der Waals surface area contributed by atoms with Crippen LogP contribution >= 0.6 is 0 Å². The summed E-state index contributed by atoms with van der Waals surface area (Å²) in [5, 5.41) is 4.24. The fourth-order valence-corrected chi connectivity index (χ4v) is 3.72. The van der Waals surface area contributed by atoms with Crippen molar-refractivity contribution in [2.24, 2.45) is 5.92 Å². The van der Waals surface area contributed by atoms with Gasteiger partial charge >= 0.3 is 5.97 Å². The Bertz CT molecular complexity index is 950. The molecule has 7 nitrogen and oxygen atoms in total. The van der Waals surface area contributed by atoms with Gasteiger partial charge in [-0.1, -0.05) is 44.5 Å². The van der Waals surface area contributed by atoms with E-state index in [9.17, 15) is 19.2 Å². The van der Waals surface area contributed by atoms with Crippen molar-refractivity contribution in [3.05, 3.63) is 47.5 Å². The van der Waals surface area contributed by atoms with E-state index >= 15 is 0 Å². The SMILES string of the molecule is CC[C@H](C)[C@H](NC(=O)CCCN1C(=O)c2cccc3cccc(c23)C1=O)C(=O)OC. The highest BCUT2D eigenvalue weighted by molar-refractivity contribution is 6.25. The van der Waals surface area contributed by atoms with E-state index in [1.165, 1.54) is 12.0 Å². The molecule has 0 spiro atoms. The Kier molecular flexibility index (Phi) is 6.50. The van der Waals surface area contributed by atoms with E-state index in [-0.39, 0.29) is 36.6 Å². The topological polar surface area (TPSA) is 92.8 Å². The first-order valence-corrected chi connectivity index (χ1v) is 10.1. The molecule has 0 saturated heterocycles. The summed E-state index contributed by atoms with van der Waals surface area (Å²) >= 11 is 0. The van der Waals surface area contributed by atoms with Crippen LogP contribution in [0.3, 0.4) is 0 Å². The number of amides is 3. The van der Waals surface area contributed by atoms with E-state index in [0.717, 1.165) is 5.39 Å². The molecule has 0 bridgehead atoms. The quantitative estimate of drug-likeness (QED) is 0.534. The Balaban J connectivity index is 1.65. The summed E-state index contributed by atoms with van der Waals surface area (Å²) < 4.78 is 4.77. The molecule has 1 heterocycles. The third-order valence-corrected chi connectivity index (χ3v) is 5.63. The number of esters is 1. The highest BCUT2D eigenvalue weighted by Crippen LogP contribution is 2.30. The van der Waals surface area contributed by atoms with Gasteiger partial charge in [-0.2, -0.15) is 0 Å². The van der Waals surface area contributed by atoms with Crippen LogP contribution in [-0.2, 0) is 14.3 Å². The summed E-state index contributed by atoms with van der Waals surface area (Å²) in [5.74, 6) is -1.56. The van der Waals surface area contributed by atoms with Crippen molar-refractivity contribution in [1.29, 1.82) is 0 Å². The van der Waals surface area contributed by atoms with Crippen LogP contribution in [-0.4, -0.2) is 48.3 Å². The number of rotatable bonds is 8. The fourth-order valence-electron chi connectivity index (χ4n) is 3.72. The predicted molar refractivity (Wildman–Crippen MR) is 112 cm³/mol. The van der Waals surface area contributed by atoms with Gasteiger partial charge in [0.25, 0.3) is 11.8 Å². The Morgan fingerprint density at radius 2 is 1.67 bits per heavy atom. The molecule has 2 aromatic carbocycles. The van der Waals surface area contributed by atoms with Crippen LogP contribution in [0.25, 0.3) is 10.8 Å². The lowest BCUT2D eigenvalue weighted by Gasteiger charge is -2.27. The van der Waals surface area contributed by atoms with Crippen LogP contribution in [0.4, 0.5) is 0 Å². The number of benzene rings is 2. The van der Waals surface area contributed by atoms with Crippen molar-refractivity contribution >= 4 is 34.5 Å². The molecule has 2 atom stereocenters. The third-order valence-electron chi connectivity index (χ3n) is 5.63. The maximum atomic E-state index is 12.9. The smallest absolute Gasteiger partial charge is 0.328 e. The molecule has 1 aliphatic rings. The van der Waals surface area contributed by atoms with Crippen LogP contribution in [0.1, 0.15) is 53.8 Å². The van der Waals surface area contributed by atoms with Gasteiger partial charge < -0.3 is 10.1 Å². The second kappa shape index (κ2) is 9.07. The van der Waals surface area contributed by atoms with Gasteiger partial charge in [0.2, 0.25) is 5.91 Å². The minimum atomic E-state index is -0.713. The molecule has 0 radical (unpaired) electrons. The molecule has 7 heteroatoms. The minimum Gasteiger partial charge on any atom is -0.467 e. The highest BCUT2D eigenvalue weighted by Gasteiger charge is 2.32. The Morgan fingerprint density at radius 3 is 2.20 bits per heavy atom. The maximum absolute atomic E-state index is 12.9. The van der Waals surface area contributed by atoms with Crippen molar-refractivity contribution in [2.75, 3.05) is 13.7 Å². The molecule has 0 aromatic heterocycles. The van der Waals surface area contributed by atoms with Crippen LogP contribution in [0.2, 0.25) is 0 Å². The zero-order chi connectivity index (χ0) is 21.8. The Hall–Kier alpha value is -3.22. The largest absolute Gasteiger partial charge is 0.467 e. The molecule has 3 rings (SSSR count). The van der Waals surface area contributed by atoms with Gasteiger partial charge in [-0.25, -0.2) is 4.79 Å². The van der Waals surface area contributed by atoms with E-state index in [0.29, 0.717) is 29.4 Å². The summed E-state index contributed by atoms with van der Waals surface area (Å²) in [4.78, 5) is 51.2.